The molecule has 0 aromatic rings. The maximum atomic E-state index is 11.1. The van der Waals surface area contributed by atoms with Crippen LogP contribution in [0.5, 0.6) is 0 Å². The highest BCUT2D eigenvalue weighted by Gasteiger charge is 2.13. The molecule has 1 amide bonds. The van der Waals surface area contributed by atoms with Gasteiger partial charge in [-0.15, -0.1) is 0 Å². The van der Waals surface area contributed by atoms with Gasteiger partial charge in [-0.05, 0) is 20.9 Å². The Morgan fingerprint density at radius 2 is 2.07 bits per heavy atom. The monoisotopic (exact) mass is 217 g/mol. The molecule has 1 atom stereocenters. The fourth-order valence-corrected chi connectivity index (χ4v) is 1.23. The molecule has 0 aliphatic heterocycles. The second-order valence-corrected chi connectivity index (χ2v) is 4.09. The van der Waals surface area contributed by atoms with Gasteiger partial charge in [0.2, 0.25) is 5.91 Å². The molecule has 90 valence electrons. The summed E-state index contributed by atoms with van der Waals surface area (Å²) in [6.07, 6.45) is 0.253. The number of ether oxygens (including phenoxy) is 1. The van der Waals surface area contributed by atoms with Gasteiger partial charge in [-0.2, -0.15) is 0 Å². The third-order valence-corrected chi connectivity index (χ3v) is 2.10. The zero-order chi connectivity index (χ0) is 11.8. The average Bonchev–Trinajstić information content (AvgIpc) is 2.15. The van der Waals surface area contributed by atoms with Crippen LogP contribution in [0.1, 0.15) is 20.8 Å². The van der Waals surface area contributed by atoms with Crippen molar-refractivity contribution >= 4 is 5.91 Å². The lowest BCUT2D eigenvalue weighted by atomic mass is 10.1. The molecule has 0 aliphatic rings. The molecule has 0 radical (unpaired) electrons. The van der Waals surface area contributed by atoms with E-state index in [-0.39, 0.29) is 17.9 Å². The van der Waals surface area contributed by atoms with Crippen LogP contribution >= 0.6 is 0 Å². The van der Waals surface area contributed by atoms with Gasteiger partial charge in [0, 0.05) is 19.0 Å². The number of carbonyl (C=O) groups excluding carboxylic acids is 1. The molecular weight excluding hydrogens is 194 g/mol. The lowest BCUT2D eigenvalue weighted by molar-refractivity contribution is -0.125. The Bertz CT molecular complexity index is 186. The zero-order valence-electron chi connectivity index (χ0n) is 10.1. The Morgan fingerprint density at radius 1 is 1.47 bits per heavy atom. The number of hydrazine groups is 1. The van der Waals surface area contributed by atoms with Crippen molar-refractivity contribution in [3.05, 3.63) is 0 Å². The van der Waals surface area contributed by atoms with Crippen molar-refractivity contribution in [3.8, 4) is 0 Å². The van der Waals surface area contributed by atoms with Gasteiger partial charge in [0.05, 0.1) is 12.7 Å². The van der Waals surface area contributed by atoms with E-state index in [0.717, 1.165) is 6.54 Å². The van der Waals surface area contributed by atoms with Gasteiger partial charge in [-0.25, -0.2) is 5.84 Å². The second-order valence-electron chi connectivity index (χ2n) is 4.09. The predicted octanol–water partition coefficient (Wildman–Crippen LogP) is -0.0308. The summed E-state index contributed by atoms with van der Waals surface area (Å²) in [5.74, 6) is 4.81. The van der Waals surface area contributed by atoms with Crippen molar-refractivity contribution < 1.29 is 9.53 Å². The smallest absolute Gasteiger partial charge is 0.237 e. The molecule has 15 heavy (non-hydrogen) atoms. The molecular formula is C10H23N3O2. The number of nitrogens with two attached hydrogens (primary N) is 1. The number of rotatable bonds is 7. The number of nitrogens with zero attached hydrogens (tertiary/aromatic N) is 1. The molecule has 1 unspecified atom stereocenters. The van der Waals surface area contributed by atoms with E-state index in [9.17, 15) is 4.79 Å². The number of hydrogen-bond acceptors (Lipinski definition) is 4. The van der Waals surface area contributed by atoms with Crippen LogP contribution in [0, 0.1) is 5.92 Å². The first-order valence-electron chi connectivity index (χ1n) is 5.28. The van der Waals surface area contributed by atoms with Gasteiger partial charge in [0.15, 0.2) is 0 Å². The molecule has 0 saturated carbocycles. The highest BCUT2D eigenvalue weighted by atomic mass is 16.5. The van der Waals surface area contributed by atoms with Crippen molar-refractivity contribution in [2.45, 2.75) is 26.9 Å². The number of hydrogen-bond donors (Lipinski definition) is 2. The average molecular weight is 217 g/mol. The maximum absolute atomic E-state index is 11.1. The molecule has 5 nitrogen and oxygen atoms in total. The molecule has 0 fully saturated rings. The van der Waals surface area contributed by atoms with Crippen molar-refractivity contribution in [1.29, 1.82) is 0 Å². The van der Waals surface area contributed by atoms with Crippen LogP contribution in [0.2, 0.25) is 0 Å². The van der Waals surface area contributed by atoms with E-state index in [4.69, 9.17) is 10.6 Å². The van der Waals surface area contributed by atoms with E-state index < -0.39 is 0 Å². The maximum Gasteiger partial charge on any atom is 0.237 e. The first-order valence-corrected chi connectivity index (χ1v) is 5.28. The highest BCUT2D eigenvalue weighted by Crippen LogP contribution is 1.98. The van der Waals surface area contributed by atoms with Crippen LogP contribution in [0.25, 0.3) is 0 Å². The molecule has 0 bridgehead atoms. The molecule has 0 spiro atoms. The topological polar surface area (TPSA) is 67.6 Å². The molecule has 0 aromatic carbocycles. The molecule has 0 aliphatic carbocycles. The predicted molar refractivity (Wildman–Crippen MR) is 60.1 cm³/mol. The lowest BCUT2D eigenvalue weighted by Gasteiger charge is -2.20. The standard InChI is InChI=1S/C10H23N3O2/c1-8(2)15-6-5-13(4)7-9(3)10(14)12-11/h8-9H,5-7,11H2,1-4H3,(H,12,14). The zero-order valence-corrected chi connectivity index (χ0v) is 10.1. The van der Waals surface area contributed by atoms with Gasteiger partial charge >= 0.3 is 0 Å². The summed E-state index contributed by atoms with van der Waals surface area (Å²) in [5, 5.41) is 0. The van der Waals surface area contributed by atoms with E-state index in [1.54, 1.807) is 0 Å². The summed E-state index contributed by atoms with van der Waals surface area (Å²) in [7, 11) is 1.96. The van der Waals surface area contributed by atoms with Crippen molar-refractivity contribution in [1.82, 2.24) is 10.3 Å². The third-order valence-electron chi connectivity index (χ3n) is 2.10. The quantitative estimate of drug-likeness (QED) is 0.357. The summed E-state index contributed by atoms with van der Waals surface area (Å²) in [6, 6.07) is 0. The van der Waals surface area contributed by atoms with Crippen LogP contribution in [0.3, 0.4) is 0 Å². The van der Waals surface area contributed by atoms with Crippen LogP contribution in [-0.4, -0.2) is 43.7 Å². The Labute approximate surface area is 91.9 Å². The summed E-state index contributed by atoms with van der Waals surface area (Å²) >= 11 is 0. The van der Waals surface area contributed by atoms with Gasteiger partial charge in [0.25, 0.3) is 0 Å². The van der Waals surface area contributed by atoms with Gasteiger partial charge in [0.1, 0.15) is 0 Å². The normalized spacial score (nSPS) is 13.3. The van der Waals surface area contributed by atoms with E-state index in [2.05, 4.69) is 10.3 Å². The van der Waals surface area contributed by atoms with Crippen molar-refractivity contribution in [3.63, 3.8) is 0 Å². The Kier molecular flexibility index (Phi) is 7.29. The van der Waals surface area contributed by atoms with Crippen LogP contribution in [0.15, 0.2) is 0 Å². The lowest BCUT2D eigenvalue weighted by Crippen LogP contribution is -2.40. The van der Waals surface area contributed by atoms with Crippen molar-refractivity contribution in [2.24, 2.45) is 11.8 Å². The number of amides is 1. The summed E-state index contributed by atoms with van der Waals surface area (Å²) < 4.78 is 5.41. The van der Waals surface area contributed by atoms with Crippen LogP contribution in [0.4, 0.5) is 0 Å². The number of nitrogens with one attached hydrogen (secondary N) is 1. The summed E-state index contributed by atoms with van der Waals surface area (Å²) in [6.45, 7) is 8.05. The minimum absolute atomic E-state index is 0.0981. The fraction of sp³-hybridized carbons (Fsp3) is 0.900. The largest absolute Gasteiger partial charge is 0.377 e. The van der Waals surface area contributed by atoms with Gasteiger partial charge in [-0.3, -0.25) is 10.2 Å². The SMILES string of the molecule is CC(C)OCCN(C)CC(C)C(=O)NN. The van der Waals surface area contributed by atoms with Crippen molar-refractivity contribution in [2.75, 3.05) is 26.7 Å². The first-order chi connectivity index (χ1) is 6.97. The van der Waals surface area contributed by atoms with Gasteiger partial charge in [-0.1, -0.05) is 6.92 Å². The third kappa shape index (κ3) is 7.30. The van der Waals surface area contributed by atoms with E-state index in [1.165, 1.54) is 0 Å². The Morgan fingerprint density at radius 3 is 2.53 bits per heavy atom. The van der Waals surface area contributed by atoms with E-state index in [0.29, 0.717) is 13.2 Å². The summed E-state index contributed by atoms with van der Waals surface area (Å²) in [4.78, 5) is 13.2. The fourth-order valence-electron chi connectivity index (χ4n) is 1.23. The number of carbonyl (C=O) groups is 1. The summed E-state index contributed by atoms with van der Waals surface area (Å²) in [5.41, 5.74) is 2.15. The molecule has 0 rings (SSSR count). The molecule has 0 saturated heterocycles. The molecule has 0 aromatic heterocycles. The molecule has 5 heteroatoms. The minimum atomic E-state index is -0.133. The molecule has 3 N–H and O–H groups in total. The Balaban J connectivity index is 3.64. The highest BCUT2D eigenvalue weighted by molar-refractivity contribution is 5.77. The first kappa shape index (κ1) is 14.3. The van der Waals surface area contributed by atoms with Crippen LogP contribution in [-0.2, 0) is 9.53 Å². The van der Waals surface area contributed by atoms with Gasteiger partial charge < -0.3 is 9.64 Å². The molecule has 0 heterocycles. The van der Waals surface area contributed by atoms with E-state index >= 15 is 0 Å². The minimum Gasteiger partial charge on any atom is -0.377 e. The van der Waals surface area contributed by atoms with Crippen LogP contribution < -0.4 is 11.3 Å². The van der Waals surface area contributed by atoms with E-state index in [1.807, 2.05) is 27.8 Å². The Hall–Kier alpha value is -0.650. The number of likely N-dealkylation sites (N-methyl/N-ethyl adjacent to an activating group) is 1. The second kappa shape index (κ2) is 7.62.